The Morgan fingerprint density at radius 3 is 2.10 bits per heavy atom. The monoisotopic (exact) mass is 287 g/mol. The average molecular weight is 287 g/mol. The average Bonchev–Trinajstić information content (AvgIpc) is 2.22. The summed E-state index contributed by atoms with van der Waals surface area (Å²) in [5.41, 5.74) is -0.362. The molecule has 0 heterocycles. The van der Waals surface area contributed by atoms with Crippen LogP contribution in [0.5, 0.6) is 0 Å². The van der Waals surface area contributed by atoms with Crippen LogP contribution < -0.4 is 16.0 Å². The van der Waals surface area contributed by atoms with Crippen LogP contribution in [0.2, 0.25) is 0 Å². The first kappa shape index (κ1) is 18.2. The van der Waals surface area contributed by atoms with Gasteiger partial charge in [-0.05, 0) is 26.7 Å². The van der Waals surface area contributed by atoms with E-state index in [0.29, 0.717) is 0 Å². The van der Waals surface area contributed by atoms with Gasteiger partial charge in [0.05, 0.1) is 13.0 Å². The van der Waals surface area contributed by atoms with Gasteiger partial charge in [0.2, 0.25) is 5.91 Å². The maximum atomic E-state index is 11.6. The summed E-state index contributed by atoms with van der Waals surface area (Å²) in [6.07, 6.45) is -0.153. The van der Waals surface area contributed by atoms with E-state index in [1.807, 2.05) is 34.6 Å². The van der Waals surface area contributed by atoms with Crippen molar-refractivity contribution in [3.05, 3.63) is 0 Å². The molecule has 0 aliphatic heterocycles. The Kier molecular flexibility index (Phi) is 7.02. The summed E-state index contributed by atoms with van der Waals surface area (Å²) in [5, 5.41) is 16.4. The quantitative estimate of drug-likeness (QED) is 0.576. The molecule has 0 saturated heterocycles. The summed E-state index contributed by atoms with van der Waals surface area (Å²) < 4.78 is 0. The Morgan fingerprint density at radius 2 is 1.70 bits per heavy atom. The van der Waals surface area contributed by atoms with Gasteiger partial charge in [-0.15, -0.1) is 0 Å². The zero-order chi connectivity index (χ0) is 15.9. The Morgan fingerprint density at radius 1 is 1.15 bits per heavy atom. The van der Waals surface area contributed by atoms with Crippen LogP contribution in [0.25, 0.3) is 0 Å². The van der Waals surface area contributed by atoms with Crippen LogP contribution in [-0.2, 0) is 9.59 Å². The maximum absolute atomic E-state index is 11.6. The molecule has 0 aromatic heterocycles. The van der Waals surface area contributed by atoms with E-state index in [0.717, 1.165) is 0 Å². The lowest BCUT2D eigenvalue weighted by Crippen LogP contribution is -2.50. The molecule has 0 spiro atoms. The summed E-state index contributed by atoms with van der Waals surface area (Å²) in [6, 6.07) is -1.02. The number of urea groups is 1. The van der Waals surface area contributed by atoms with Crippen LogP contribution in [0.3, 0.4) is 0 Å². The fourth-order valence-corrected chi connectivity index (χ4v) is 1.48. The van der Waals surface area contributed by atoms with Crippen molar-refractivity contribution in [2.75, 3.05) is 6.54 Å². The highest BCUT2D eigenvalue weighted by molar-refractivity contribution is 5.84. The van der Waals surface area contributed by atoms with Crippen LogP contribution >= 0.6 is 0 Å². The first-order valence-corrected chi connectivity index (χ1v) is 6.58. The third-order valence-corrected chi connectivity index (χ3v) is 2.44. The Bertz CT molecular complexity index is 361. The van der Waals surface area contributed by atoms with Crippen molar-refractivity contribution < 1.29 is 19.5 Å². The van der Waals surface area contributed by atoms with E-state index >= 15 is 0 Å². The van der Waals surface area contributed by atoms with Gasteiger partial charge in [0.25, 0.3) is 0 Å². The second-order valence-electron chi connectivity index (χ2n) is 6.07. The summed E-state index contributed by atoms with van der Waals surface area (Å²) in [5.74, 6) is -1.29. The molecular formula is C13H25N3O4. The molecule has 0 radical (unpaired) electrons. The van der Waals surface area contributed by atoms with Crippen molar-refractivity contribution in [3.8, 4) is 0 Å². The van der Waals surface area contributed by atoms with Crippen LogP contribution in [-0.4, -0.2) is 41.1 Å². The molecule has 0 aromatic carbocycles. The molecular weight excluding hydrogens is 262 g/mol. The molecule has 7 nitrogen and oxygen atoms in total. The van der Waals surface area contributed by atoms with Gasteiger partial charge in [-0.3, -0.25) is 9.59 Å². The topological polar surface area (TPSA) is 108 Å². The lowest BCUT2D eigenvalue weighted by atomic mass is 10.0. The summed E-state index contributed by atoms with van der Waals surface area (Å²) in [6.45, 7) is 9.01. The predicted molar refractivity (Wildman–Crippen MR) is 75.3 cm³/mol. The van der Waals surface area contributed by atoms with E-state index in [2.05, 4.69) is 16.0 Å². The first-order chi connectivity index (χ1) is 9.01. The van der Waals surface area contributed by atoms with Crippen molar-refractivity contribution in [2.45, 2.75) is 52.6 Å². The molecule has 20 heavy (non-hydrogen) atoms. The highest BCUT2D eigenvalue weighted by Gasteiger charge is 2.20. The molecule has 3 amide bonds. The van der Waals surface area contributed by atoms with Crippen molar-refractivity contribution in [1.82, 2.24) is 16.0 Å². The summed E-state index contributed by atoms with van der Waals surface area (Å²) >= 11 is 0. The summed E-state index contributed by atoms with van der Waals surface area (Å²) in [7, 11) is 0. The standard InChI is InChI=1S/C13H25N3O4/c1-8(2)9(6-11(18)19)15-12(20)14-7-10(17)16-13(3,4)5/h8-9H,6-7H2,1-5H3,(H,16,17)(H,18,19)(H2,14,15,20). The molecule has 0 fully saturated rings. The number of amides is 3. The molecule has 1 unspecified atom stereocenters. The number of carbonyl (C=O) groups is 3. The third-order valence-electron chi connectivity index (χ3n) is 2.44. The number of rotatable bonds is 6. The van der Waals surface area contributed by atoms with E-state index in [-0.39, 0.29) is 30.3 Å². The molecule has 0 aromatic rings. The van der Waals surface area contributed by atoms with Crippen LogP contribution in [0.1, 0.15) is 41.0 Å². The maximum Gasteiger partial charge on any atom is 0.315 e. The normalized spacial score (nSPS) is 12.7. The third kappa shape index (κ3) is 9.18. The van der Waals surface area contributed by atoms with E-state index in [9.17, 15) is 14.4 Å². The largest absolute Gasteiger partial charge is 0.481 e. The van der Waals surface area contributed by atoms with Gasteiger partial charge in [0.15, 0.2) is 0 Å². The van der Waals surface area contributed by atoms with E-state index in [4.69, 9.17) is 5.11 Å². The van der Waals surface area contributed by atoms with Gasteiger partial charge in [-0.1, -0.05) is 13.8 Å². The predicted octanol–water partition coefficient (Wildman–Crippen LogP) is 0.700. The van der Waals surface area contributed by atoms with Gasteiger partial charge in [0.1, 0.15) is 0 Å². The van der Waals surface area contributed by atoms with Gasteiger partial charge < -0.3 is 21.1 Å². The molecule has 0 bridgehead atoms. The molecule has 0 saturated carbocycles. The number of nitrogens with one attached hydrogen (secondary N) is 3. The molecule has 0 rings (SSSR count). The molecule has 0 aliphatic carbocycles. The number of hydrogen-bond acceptors (Lipinski definition) is 3. The fourth-order valence-electron chi connectivity index (χ4n) is 1.48. The lowest BCUT2D eigenvalue weighted by Gasteiger charge is -2.22. The van der Waals surface area contributed by atoms with Crippen molar-refractivity contribution in [3.63, 3.8) is 0 Å². The number of hydrogen-bond donors (Lipinski definition) is 4. The van der Waals surface area contributed by atoms with Crippen LogP contribution in [0, 0.1) is 5.92 Å². The molecule has 116 valence electrons. The minimum Gasteiger partial charge on any atom is -0.481 e. The van der Waals surface area contributed by atoms with Gasteiger partial charge in [-0.2, -0.15) is 0 Å². The second kappa shape index (κ2) is 7.72. The zero-order valence-electron chi connectivity index (χ0n) is 12.7. The SMILES string of the molecule is CC(C)C(CC(=O)O)NC(=O)NCC(=O)NC(C)(C)C. The van der Waals surface area contributed by atoms with E-state index in [1.165, 1.54) is 0 Å². The van der Waals surface area contributed by atoms with Crippen molar-refractivity contribution >= 4 is 17.9 Å². The molecule has 1 atom stereocenters. The zero-order valence-corrected chi connectivity index (χ0v) is 12.7. The number of aliphatic carboxylic acids is 1. The lowest BCUT2D eigenvalue weighted by molar-refractivity contribution is -0.137. The molecule has 0 aliphatic rings. The Balaban J connectivity index is 4.20. The van der Waals surface area contributed by atoms with E-state index < -0.39 is 18.0 Å². The smallest absolute Gasteiger partial charge is 0.315 e. The van der Waals surface area contributed by atoms with Crippen molar-refractivity contribution in [1.29, 1.82) is 0 Å². The van der Waals surface area contributed by atoms with Crippen LogP contribution in [0.15, 0.2) is 0 Å². The van der Waals surface area contributed by atoms with Gasteiger partial charge in [0, 0.05) is 11.6 Å². The van der Waals surface area contributed by atoms with Crippen molar-refractivity contribution in [2.24, 2.45) is 5.92 Å². The number of carboxylic acid groups (broad SMARTS) is 1. The highest BCUT2D eigenvalue weighted by Crippen LogP contribution is 2.05. The minimum atomic E-state index is -0.977. The second-order valence-corrected chi connectivity index (χ2v) is 6.07. The number of carbonyl (C=O) groups excluding carboxylic acids is 2. The van der Waals surface area contributed by atoms with E-state index in [1.54, 1.807) is 0 Å². The molecule has 4 N–H and O–H groups in total. The first-order valence-electron chi connectivity index (χ1n) is 6.58. The Hall–Kier alpha value is -1.79. The fraction of sp³-hybridized carbons (Fsp3) is 0.769. The van der Waals surface area contributed by atoms with Crippen LogP contribution in [0.4, 0.5) is 4.79 Å². The Labute approximate surface area is 119 Å². The number of carboxylic acids is 1. The minimum absolute atomic E-state index is 0.0137. The molecule has 7 heteroatoms. The van der Waals surface area contributed by atoms with Gasteiger partial charge in [-0.25, -0.2) is 4.79 Å². The highest BCUT2D eigenvalue weighted by atomic mass is 16.4. The summed E-state index contributed by atoms with van der Waals surface area (Å²) in [4.78, 5) is 33.8. The van der Waals surface area contributed by atoms with Gasteiger partial charge >= 0.3 is 12.0 Å².